The maximum Gasteiger partial charge on any atom is 0.208 e. The maximum absolute atomic E-state index is 5.51. The highest BCUT2D eigenvalue weighted by molar-refractivity contribution is 5.80. The van der Waals surface area contributed by atoms with E-state index >= 15 is 0 Å². The Bertz CT molecular complexity index is 120. The Hall–Kier alpha value is -0.770. The molecule has 0 aromatic carbocycles. The van der Waals surface area contributed by atoms with Gasteiger partial charge >= 0.3 is 0 Å². The zero-order chi connectivity index (χ0) is 6.69. The van der Waals surface area contributed by atoms with E-state index in [4.69, 9.17) is 5.84 Å². The van der Waals surface area contributed by atoms with E-state index in [2.05, 4.69) is 10.3 Å². The number of hydrogen-bond acceptors (Lipinski definition) is 4. The molecule has 3 N–H and O–H groups in total. The summed E-state index contributed by atoms with van der Waals surface area (Å²) in [4.78, 5) is 4.11. The van der Waals surface area contributed by atoms with E-state index in [1.54, 1.807) is 5.01 Å². The van der Waals surface area contributed by atoms with Crippen molar-refractivity contribution in [1.82, 2.24) is 10.3 Å². The first-order valence-electron chi connectivity index (χ1n) is 3.15. The summed E-state index contributed by atoms with van der Waals surface area (Å²) in [6, 6.07) is 0. The number of nitrogens with two attached hydrogens (primary N) is 1. The Morgan fingerprint density at radius 2 is 2.67 bits per heavy atom. The number of hydrogen-bond donors (Lipinski definition) is 2. The molecular weight excluding hydrogens is 116 g/mol. The molecular formula is C5H12N4. The first-order valence-corrected chi connectivity index (χ1v) is 3.15. The lowest BCUT2D eigenvalue weighted by Crippen LogP contribution is -2.42. The average molecular weight is 128 g/mol. The van der Waals surface area contributed by atoms with Gasteiger partial charge in [0.05, 0.1) is 13.1 Å². The van der Waals surface area contributed by atoms with Crippen molar-refractivity contribution in [2.45, 2.75) is 6.92 Å². The van der Waals surface area contributed by atoms with Gasteiger partial charge in [-0.05, 0) is 6.92 Å². The number of aliphatic imine (C=N–C) groups is 1. The van der Waals surface area contributed by atoms with Gasteiger partial charge in [0.15, 0.2) is 0 Å². The fraction of sp³-hybridized carbons (Fsp3) is 0.800. The Labute approximate surface area is 54.7 Å². The van der Waals surface area contributed by atoms with Crippen molar-refractivity contribution in [3.8, 4) is 0 Å². The van der Waals surface area contributed by atoms with Gasteiger partial charge < -0.3 is 5.32 Å². The molecule has 9 heavy (non-hydrogen) atoms. The highest BCUT2D eigenvalue weighted by Crippen LogP contribution is 1.90. The number of rotatable bonds is 1. The van der Waals surface area contributed by atoms with Gasteiger partial charge in [-0.15, -0.1) is 0 Å². The van der Waals surface area contributed by atoms with Crippen molar-refractivity contribution >= 4 is 5.96 Å². The summed E-state index contributed by atoms with van der Waals surface area (Å²) in [5.74, 6) is 6.32. The van der Waals surface area contributed by atoms with Crippen LogP contribution in [-0.2, 0) is 0 Å². The molecule has 0 bridgehead atoms. The Balaban J connectivity index is 2.38. The van der Waals surface area contributed by atoms with Crippen LogP contribution in [0.2, 0.25) is 0 Å². The second-order valence-electron chi connectivity index (χ2n) is 1.93. The summed E-state index contributed by atoms with van der Waals surface area (Å²) in [5.41, 5.74) is 0. The third kappa shape index (κ3) is 1.32. The van der Waals surface area contributed by atoms with Gasteiger partial charge in [-0.3, -0.25) is 10.0 Å². The molecule has 0 atom stereocenters. The van der Waals surface area contributed by atoms with E-state index in [1.807, 2.05) is 6.92 Å². The first-order chi connectivity index (χ1) is 4.34. The molecule has 1 heterocycles. The van der Waals surface area contributed by atoms with Crippen LogP contribution in [0.3, 0.4) is 0 Å². The monoisotopic (exact) mass is 128 g/mol. The second kappa shape index (κ2) is 2.68. The van der Waals surface area contributed by atoms with Crippen LogP contribution in [0.5, 0.6) is 0 Å². The van der Waals surface area contributed by atoms with Crippen molar-refractivity contribution in [3.63, 3.8) is 0 Å². The Morgan fingerprint density at radius 3 is 3.11 bits per heavy atom. The van der Waals surface area contributed by atoms with Crippen LogP contribution in [0.1, 0.15) is 6.92 Å². The van der Waals surface area contributed by atoms with Crippen molar-refractivity contribution in [2.75, 3.05) is 19.6 Å². The van der Waals surface area contributed by atoms with Crippen molar-refractivity contribution in [3.05, 3.63) is 0 Å². The lowest BCUT2D eigenvalue weighted by Gasteiger charge is -2.12. The smallest absolute Gasteiger partial charge is 0.208 e. The zero-order valence-corrected chi connectivity index (χ0v) is 5.59. The third-order valence-electron chi connectivity index (χ3n) is 1.21. The van der Waals surface area contributed by atoms with Gasteiger partial charge in [-0.1, -0.05) is 0 Å². The fourth-order valence-electron chi connectivity index (χ4n) is 0.776. The number of nitrogens with zero attached hydrogens (tertiary/aromatic N) is 2. The first kappa shape index (κ1) is 6.35. The van der Waals surface area contributed by atoms with E-state index in [-0.39, 0.29) is 0 Å². The molecule has 0 spiro atoms. The molecule has 0 aromatic heterocycles. The van der Waals surface area contributed by atoms with Gasteiger partial charge in [-0.2, -0.15) is 0 Å². The molecule has 0 fully saturated rings. The predicted molar refractivity (Wildman–Crippen MR) is 36.9 cm³/mol. The molecule has 1 aliphatic rings. The molecule has 4 nitrogen and oxygen atoms in total. The van der Waals surface area contributed by atoms with Crippen molar-refractivity contribution in [1.29, 1.82) is 0 Å². The fourth-order valence-corrected chi connectivity index (χ4v) is 0.776. The van der Waals surface area contributed by atoms with Crippen molar-refractivity contribution < 1.29 is 0 Å². The summed E-state index contributed by atoms with van der Waals surface area (Å²) < 4.78 is 0. The molecule has 0 unspecified atom stereocenters. The lowest BCUT2D eigenvalue weighted by atomic mass is 10.7. The Morgan fingerprint density at radius 1 is 1.89 bits per heavy atom. The maximum atomic E-state index is 5.51. The summed E-state index contributed by atoms with van der Waals surface area (Å²) in [5, 5.41) is 4.67. The van der Waals surface area contributed by atoms with Crippen LogP contribution < -0.4 is 11.2 Å². The molecule has 0 radical (unpaired) electrons. The third-order valence-corrected chi connectivity index (χ3v) is 1.21. The van der Waals surface area contributed by atoms with Gasteiger partial charge in [0, 0.05) is 6.54 Å². The van der Waals surface area contributed by atoms with Crippen molar-refractivity contribution in [2.24, 2.45) is 10.8 Å². The highest BCUT2D eigenvalue weighted by atomic mass is 15.5. The SMILES string of the molecule is CCNC1=NCCN1N. The molecule has 0 saturated heterocycles. The molecule has 1 aliphatic heterocycles. The molecule has 4 heteroatoms. The van der Waals surface area contributed by atoms with Crippen LogP contribution in [0.25, 0.3) is 0 Å². The minimum atomic E-state index is 0.817. The van der Waals surface area contributed by atoms with Crippen LogP contribution in [0.15, 0.2) is 4.99 Å². The standard InChI is InChI=1S/C5H12N4/c1-2-7-5-8-3-4-9(5)6/h2-4,6H2,1H3,(H,7,8). The minimum Gasteiger partial charge on any atom is -0.355 e. The van der Waals surface area contributed by atoms with E-state index in [0.29, 0.717) is 0 Å². The number of hydrazine groups is 1. The topological polar surface area (TPSA) is 53.7 Å². The van der Waals surface area contributed by atoms with Gasteiger partial charge in [0.2, 0.25) is 5.96 Å². The summed E-state index contributed by atoms with van der Waals surface area (Å²) >= 11 is 0. The van der Waals surface area contributed by atoms with Gasteiger partial charge in [0.25, 0.3) is 0 Å². The summed E-state index contributed by atoms with van der Waals surface area (Å²) in [6.07, 6.45) is 0. The van der Waals surface area contributed by atoms with Crippen LogP contribution in [-0.4, -0.2) is 30.6 Å². The molecule has 0 aliphatic carbocycles. The molecule has 1 rings (SSSR count). The van der Waals surface area contributed by atoms with E-state index in [0.717, 1.165) is 25.6 Å². The lowest BCUT2D eigenvalue weighted by molar-refractivity contribution is 0.468. The zero-order valence-electron chi connectivity index (χ0n) is 5.59. The summed E-state index contributed by atoms with van der Waals surface area (Å²) in [6.45, 7) is 4.56. The van der Waals surface area contributed by atoms with E-state index in [1.165, 1.54) is 0 Å². The van der Waals surface area contributed by atoms with Gasteiger partial charge in [-0.25, -0.2) is 5.84 Å². The highest BCUT2D eigenvalue weighted by Gasteiger charge is 2.10. The van der Waals surface area contributed by atoms with E-state index in [9.17, 15) is 0 Å². The van der Waals surface area contributed by atoms with Crippen LogP contribution in [0, 0.1) is 0 Å². The Kier molecular flexibility index (Phi) is 1.89. The molecule has 0 saturated carbocycles. The van der Waals surface area contributed by atoms with E-state index < -0.39 is 0 Å². The molecule has 0 aromatic rings. The normalized spacial score (nSPS) is 18.0. The second-order valence-corrected chi connectivity index (χ2v) is 1.93. The van der Waals surface area contributed by atoms with Crippen LogP contribution >= 0.6 is 0 Å². The van der Waals surface area contributed by atoms with Gasteiger partial charge in [0.1, 0.15) is 0 Å². The molecule has 0 amide bonds. The van der Waals surface area contributed by atoms with Crippen LogP contribution in [0.4, 0.5) is 0 Å². The predicted octanol–water partition coefficient (Wildman–Crippen LogP) is -0.859. The largest absolute Gasteiger partial charge is 0.355 e. The summed E-state index contributed by atoms with van der Waals surface area (Å²) in [7, 11) is 0. The average Bonchev–Trinajstić information content (AvgIpc) is 2.18. The number of guanidine groups is 1. The number of nitrogens with one attached hydrogen (secondary N) is 1. The molecule has 52 valence electrons. The minimum absolute atomic E-state index is 0.817. The quantitative estimate of drug-likeness (QED) is 0.452.